The van der Waals surface area contributed by atoms with Gasteiger partial charge >= 0.3 is 0 Å². The fourth-order valence-corrected chi connectivity index (χ4v) is 7.31. The summed E-state index contributed by atoms with van der Waals surface area (Å²) < 4.78 is 6.45. The van der Waals surface area contributed by atoms with E-state index in [9.17, 15) is 14.4 Å². The molecule has 4 aliphatic heterocycles. The summed E-state index contributed by atoms with van der Waals surface area (Å²) in [5, 5.41) is 10.2. The normalized spacial score (nSPS) is 33.6. The predicted octanol–water partition coefficient (Wildman–Crippen LogP) is 3.28. The van der Waals surface area contributed by atoms with Gasteiger partial charge in [-0.3, -0.25) is 14.4 Å². The van der Waals surface area contributed by atoms with Crippen molar-refractivity contribution in [3.05, 3.63) is 40.4 Å². The topological polar surface area (TPSA) is 99.8 Å². The zero-order chi connectivity index (χ0) is 25.7. The number of piperidine rings is 1. The molecule has 1 aliphatic carbocycles. The van der Waals surface area contributed by atoms with Gasteiger partial charge in [0.2, 0.25) is 17.7 Å². The van der Waals surface area contributed by atoms with Gasteiger partial charge in [-0.2, -0.15) is 0 Å². The number of carbonyl (C=O) groups is 3. The van der Waals surface area contributed by atoms with Crippen LogP contribution >= 0.6 is 23.2 Å². The third kappa shape index (κ3) is 4.26. The smallest absolute Gasteiger partial charge is 0.246 e. The molecule has 3 N–H and O–H groups in total. The van der Waals surface area contributed by atoms with E-state index < -0.39 is 29.6 Å². The second-order valence-corrected chi connectivity index (χ2v) is 11.7. The number of ether oxygens (including phenoxy) is 1. The van der Waals surface area contributed by atoms with Crippen LogP contribution in [0.4, 0.5) is 5.69 Å². The van der Waals surface area contributed by atoms with Crippen LogP contribution in [0, 0.1) is 11.8 Å². The van der Waals surface area contributed by atoms with Crippen molar-refractivity contribution in [3.8, 4) is 0 Å². The maximum Gasteiger partial charge on any atom is 0.246 e. The number of anilines is 1. The molecule has 3 amide bonds. The van der Waals surface area contributed by atoms with Crippen molar-refractivity contribution in [2.45, 2.75) is 74.8 Å². The maximum atomic E-state index is 14.1. The van der Waals surface area contributed by atoms with Crippen molar-refractivity contribution in [2.24, 2.45) is 11.8 Å². The highest BCUT2D eigenvalue weighted by atomic mass is 35.5. The molecule has 5 unspecified atom stereocenters. The lowest BCUT2D eigenvalue weighted by Crippen LogP contribution is -2.59. The number of fused-ring (bicyclic) bond motifs is 1. The highest BCUT2D eigenvalue weighted by Crippen LogP contribution is 2.56. The molecule has 0 aromatic heterocycles. The lowest BCUT2D eigenvalue weighted by Gasteiger charge is -2.39. The standard InChI is InChI=1S/C27H32Cl2N4O4/c28-18-7-6-16(14-19(18)29)32-24(34)21-20-8-11-27(37-20)22(21)26(36)33(17-9-12-30-13-10-17)23(27)25(35)31-15-4-2-1-3-5-15/h6-8,11,14-15,17,20-23,30H,1-5,9-10,12-13H2,(H,31,35)(H,32,34). The summed E-state index contributed by atoms with van der Waals surface area (Å²) >= 11 is 12.2. The summed E-state index contributed by atoms with van der Waals surface area (Å²) in [5.41, 5.74) is -0.655. The number of likely N-dealkylation sites (tertiary alicyclic amines) is 1. The van der Waals surface area contributed by atoms with Gasteiger partial charge in [0.1, 0.15) is 11.6 Å². The maximum absolute atomic E-state index is 14.1. The Morgan fingerprint density at radius 1 is 1.03 bits per heavy atom. The lowest BCUT2D eigenvalue weighted by molar-refractivity contribution is -0.144. The largest absolute Gasteiger partial charge is 0.359 e. The molecule has 8 nitrogen and oxygen atoms in total. The number of hydrogen-bond acceptors (Lipinski definition) is 5. The van der Waals surface area contributed by atoms with Crippen LogP contribution in [0.3, 0.4) is 0 Å². The SMILES string of the molecule is O=C(Nc1ccc(Cl)c(Cl)c1)C1C2C=CC3(O2)C1C(=O)N(C1CCNCC1)C3C(=O)NC1CCCCC1. The van der Waals surface area contributed by atoms with Gasteiger partial charge in [-0.15, -0.1) is 0 Å². The van der Waals surface area contributed by atoms with Gasteiger partial charge in [0.05, 0.1) is 28.0 Å². The van der Waals surface area contributed by atoms with Gasteiger partial charge in [-0.25, -0.2) is 0 Å². The molecule has 6 rings (SSSR count). The molecule has 1 spiro atoms. The molecule has 198 valence electrons. The first-order valence-corrected chi connectivity index (χ1v) is 14.1. The Hall–Kier alpha value is -2.13. The van der Waals surface area contributed by atoms with E-state index in [1.807, 2.05) is 12.2 Å². The Labute approximate surface area is 226 Å². The monoisotopic (exact) mass is 546 g/mol. The van der Waals surface area contributed by atoms with Crippen molar-refractivity contribution < 1.29 is 19.1 Å². The lowest BCUT2D eigenvalue weighted by atomic mass is 9.74. The van der Waals surface area contributed by atoms with Crippen LogP contribution in [-0.2, 0) is 19.1 Å². The van der Waals surface area contributed by atoms with E-state index >= 15 is 0 Å². The molecule has 10 heteroatoms. The third-order valence-corrected chi connectivity index (χ3v) is 9.44. The zero-order valence-electron chi connectivity index (χ0n) is 20.6. The van der Waals surface area contributed by atoms with Crippen molar-refractivity contribution in [1.82, 2.24) is 15.5 Å². The Bertz CT molecular complexity index is 1130. The summed E-state index contributed by atoms with van der Waals surface area (Å²) in [7, 11) is 0. The minimum absolute atomic E-state index is 0.0781. The minimum Gasteiger partial charge on any atom is -0.359 e. The number of nitrogens with zero attached hydrogens (tertiary/aromatic N) is 1. The second kappa shape index (κ2) is 9.88. The van der Waals surface area contributed by atoms with E-state index in [4.69, 9.17) is 27.9 Å². The van der Waals surface area contributed by atoms with Gasteiger partial charge < -0.3 is 25.6 Å². The quantitative estimate of drug-likeness (QED) is 0.492. The summed E-state index contributed by atoms with van der Waals surface area (Å²) in [6, 6.07) is 4.11. The highest BCUT2D eigenvalue weighted by molar-refractivity contribution is 6.42. The van der Waals surface area contributed by atoms with E-state index in [2.05, 4.69) is 16.0 Å². The number of rotatable bonds is 5. The van der Waals surface area contributed by atoms with Crippen LogP contribution in [0.1, 0.15) is 44.9 Å². The summed E-state index contributed by atoms with van der Waals surface area (Å²) in [6.45, 7) is 1.56. The van der Waals surface area contributed by atoms with Crippen molar-refractivity contribution in [2.75, 3.05) is 18.4 Å². The fraction of sp³-hybridized carbons (Fsp3) is 0.593. The van der Waals surface area contributed by atoms with Crippen LogP contribution < -0.4 is 16.0 Å². The van der Waals surface area contributed by atoms with Crippen LogP contribution in [0.15, 0.2) is 30.4 Å². The van der Waals surface area contributed by atoms with Crippen LogP contribution in [-0.4, -0.2) is 65.5 Å². The van der Waals surface area contributed by atoms with E-state index in [1.54, 1.807) is 23.1 Å². The summed E-state index contributed by atoms with van der Waals surface area (Å²) in [4.78, 5) is 43.4. The first-order chi connectivity index (χ1) is 17.9. The van der Waals surface area contributed by atoms with E-state index in [0.29, 0.717) is 15.7 Å². The van der Waals surface area contributed by atoms with Crippen LogP contribution in [0.5, 0.6) is 0 Å². The molecule has 37 heavy (non-hydrogen) atoms. The predicted molar refractivity (Wildman–Crippen MR) is 140 cm³/mol. The molecule has 2 bridgehead atoms. The average Bonchev–Trinajstić information content (AvgIpc) is 3.54. The van der Waals surface area contributed by atoms with E-state index in [0.717, 1.165) is 51.6 Å². The summed E-state index contributed by atoms with van der Waals surface area (Å²) in [5.74, 6) is -2.17. The van der Waals surface area contributed by atoms with Crippen LogP contribution in [0.2, 0.25) is 10.0 Å². The zero-order valence-corrected chi connectivity index (χ0v) is 22.1. The van der Waals surface area contributed by atoms with Crippen molar-refractivity contribution in [3.63, 3.8) is 0 Å². The number of amides is 3. The molecule has 5 aliphatic rings. The Balaban J connectivity index is 1.31. The number of halogens is 2. The van der Waals surface area contributed by atoms with Gasteiger partial charge in [-0.1, -0.05) is 54.6 Å². The summed E-state index contributed by atoms with van der Waals surface area (Å²) in [6.07, 6.45) is 9.93. The Kier molecular flexibility index (Phi) is 6.72. The van der Waals surface area contributed by atoms with Gasteiger partial charge in [0, 0.05) is 17.8 Å². The molecular weight excluding hydrogens is 515 g/mol. The highest BCUT2D eigenvalue weighted by Gasteiger charge is 2.73. The Morgan fingerprint density at radius 2 is 1.78 bits per heavy atom. The number of benzene rings is 1. The van der Waals surface area contributed by atoms with E-state index in [-0.39, 0.29) is 29.8 Å². The molecule has 4 fully saturated rings. The third-order valence-electron chi connectivity index (χ3n) is 8.70. The van der Waals surface area contributed by atoms with Gasteiger partial charge in [-0.05, 0) is 57.0 Å². The molecule has 1 aromatic carbocycles. The molecule has 4 heterocycles. The molecule has 5 atom stereocenters. The van der Waals surface area contributed by atoms with Crippen LogP contribution in [0.25, 0.3) is 0 Å². The van der Waals surface area contributed by atoms with Gasteiger partial charge in [0.15, 0.2) is 0 Å². The number of hydrogen-bond donors (Lipinski definition) is 3. The number of nitrogens with one attached hydrogen (secondary N) is 3. The number of carbonyl (C=O) groups excluding carboxylic acids is 3. The molecule has 1 aromatic rings. The fourth-order valence-electron chi connectivity index (χ4n) is 7.01. The van der Waals surface area contributed by atoms with Crippen molar-refractivity contribution >= 4 is 46.6 Å². The van der Waals surface area contributed by atoms with Gasteiger partial charge in [0.25, 0.3) is 0 Å². The first-order valence-electron chi connectivity index (χ1n) is 13.4. The molecule has 3 saturated heterocycles. The Morgan fingerprint density at radius 3 is 2.51 bits per heavy atom. The molecule has 1 saturated carbocycles. The minimum atomic E-state index is -1.15. The second-order valence-electron chi connectivity index (χ2n) is 10.9. The van der Waals surface area contributed by atoms with Crippen molar-refractivity contribution in [1.29, 1.82) is 0 Å². The molecule has 0 radical (unpaired) electrons. The average molecular weight is 547 g/mol. The van der Waals surface area contributed by atoms with E-state index in [1.165, 1.54) is 6.42 Å². The first kappa shape index (κ1) is 25.2. The molecular formula is C27H32Cl2N4O4.